The summed E-state index contributed by atoms with van der Waals surface area (Å²) in [5.41, 5.74) is -0.481. The summed E-state index contributed by atoms with van der Waals surface area (Å²) in [5.74, 6) is 2.14. The third kappa shape index (κ3) is 6.31. The minimum Gasteiger partial charge on any atom is -0.444 e. The summed E-state index contributed by atoms with van der Waals surface area (Å²) in [4.78, 5) is 20.7. The Morgan fingerprint density at radius 3 is 2.62 bits per heavy atom. The number of oxazole rings is 1. The van der Waals surface area contributed by atoms with Gasteiger partial charge in [-0.2, -0.15) is 0 Å². The van der Waals surface area contributed by atoms with E-state index in [0.29, 0.717) is 12.5 Å². The predicted molar refractivity (Wildman–Crippen MR) is 102 cm³/mol. The smallest absolute Gasteiger partial charge is 0.410 e. The van der Waals surface area contributed by atoms with Gasteiger partial charge in [0.1, 0.15) is 11.4 Å². The van der Waals surface area contributed by atoms with E-state index in [-0.39, 0.29) is 11.5 Å². The topological polar surface area (TPSA) is 58.8 Å². The highest BCUT2D eigenvalue weighted by Crippen LogP contribution is 2.24. The molecule has 1 aliphatic rings. The number of rotatable bonds is 4. The van der Waals surface area contributed by atoms with E-state index in [1.54, 1.807) is 4.90 Å². The van der Waals surface area contributed by atoms with Crippen LogP contribution in [-0.4, -0.2) is 53.2 Å². The van der Waals surface area contributed by atoms with Gasteiger partial charge in [-0.3, -0.25) is 4.90 Å². The van der Waals surface area contributed by atoms with Crippen molar-refractivity contribution in [2.75, 3.05) is 26.7 Å². The van der Waals surface area contributed by atoms with Gasteiger partial charge in [0.25, 0.3) is 0 Å². The van der Waals surface area contributed by atoms with Gasteiger partial charge >= 0.3 is 6.09 Å². The lowest BCUT2D eigenvalue weighted by atomic mass is 9.94. The highest BCUT2D eigenvalue weighted by molar-refractivity contribution is 5.67. The Balaban J connectivity index is 1.87. The normalized spacial score (nSPS) is 19.4. The van der Waals surface area contributed by atoms with Crippen LogP contribution in [0.1, 0.15) is 66.0 Å². The Hall–Kier alpha value is -1.56. The number of hydrogen-bond donors (Lipinski definition) is 0. The molecule has 1 fully saturated rings. The Morgan fingerprint density at radius 1 is 1.35 bits per heavy atom. The summed E-state index contributed by atoms with van der Waals surface area (Å²) >= 11 is 0. The molecule has 1 aromatic rings. The predicted octanol–water partition coefficient (Wildman–Crippen LogP) is 4.05. The van der Waals surface area contributed by atoms with Crippen LogP contribution >= 0.6 is 0 Å². The molecule has 0 N–H and O–H groups in total. The van der Waals surface area contributed by atoms with E-state index in [2.05, 4.69) is 30.7 Å². The zero-order valence-electron chi connectivity index (χ0n) is 17.5. The first-order valence-electron chi connectivity index (χ1n) is 9.56. The van der Waals surface area contributed by atoms with E-state index in [1.807, 2.05) is 34.0 Å². The average molecular weight is 366 g/mol. The molecule has 1 atom stereocenters. The molecule has 148 valence electrons. The molecule has 0 bridgehead atoms. The molecule has 26 heavy (non-hydrogen) atoms. The first-order valence-corrected chi connectivity index (χ1v) is 9.56. The fourth-order valence-corrected chi connectivity index (χ4v) is 3.17. The molecule has 0 spiro atoms. The lowest BCUT2D eigenvalue weighted by molar-refractivity contribution is 0.0239. The van der Waals surface area contributed by atoms with Gasteiger partial charge in [-0.1, -0.05) is 20.8 Å². The molecular formula is C20H35N3O3. The molecule has 0 radical (unpaired) electrons. The zero-order chi connectivity index (χ0) is 19.5. The SMILES string of the molecule is CN(CC1CCCN(Cc2ncc(C(C)(C)C)o2)C1)C(=O)OC(C)(C)C. The minimum atomic E-state index is -0.459. The van der Waals surface area contributed by atoms with Crippen molar-refractivity contribution in [1.82, 2.24) is 14.8 Å². The molecule has 6 heteroatoms. The number of aromatic nitrogens is 1. The van der Waals surface area contributed by atoms with E-state index >= 15 is 0 Å². The second kappa shape index (κ2) is 7.99. The fraction of sp³-hybridized carbons (Fsp3) is 0.800. The summed E-state index contributed by atoms with van der Waals surface area (Å²) in [6, 6.07) is 0. The molecule has 0 aliphatic carbocycles. The van der Waals surface area contributed by atoms with Crippen LogP contribution in [-0.2, 0) is 16.7 Å². The van der Waals surface area contributed by atoms with E-state index in [4.69, 9.17) is 9.15 Å². The molecule has 1 saturated heterocycles. The molecule has 1 unspecified atom stereocenters. The van der Waals surface area contributed by atoms with Crippen molar-refractivity contribution in [1.29, 1.82) is 0 Å². The fourth-order valence-electron chi connectivity index (χ4n) is 3.17. The third-order valence-electron chi connectivity index (χ3n) is 4.49. The zero-order valence-corrected chi connectivity index (χ0v) is 17.5. The van der Waals surface area contributed by atoms with Crippen molar-refractivity contribution in [3.8, 4) is 0 Å². The third-order valence-corrected chi connectivity index (χ3v) is 4.49. The number of piperidine rings is 1. The number of amides is 1. The molecule has 2 heterocycles. The largest absolute Gasteiger partial charge is 0.444 e. The molecular weight excluding hydrogens is 330 g/mol. The first kappa shape index (κ1) is 20.7. The summed E-state index contributed by atoms with van der Waals surface area (Å²) < 4.78 is 11.4. The number of carbonyl (C=O) groups is 1. The lowest BCUT2D eigenvalue weighted by Crippen LogP contribution is -2.42. The van der Waals surface area contributed by atoms with Crippen LogP contribution in [0.25, 0.3) is 0 Å². The number of hydrogen-bond acceptors (Lipinski definition) is 5. The van der Waals surface area contributed by atoms with E-state index in [0.717, 1.165) is 44.1 Å². The van der Waals surface area contributed by atoms with E-state index < -0.39 is 5.60 Å². The Bertz CT molecular complexity index is 598. The van der Waals surface area contributed by atoms with Gasteiger partial charge in [0.05, 0.1) is 12.7 Å². The molecule has 1 aliphatic heterocycles. The maximum atomic E-state index is 12.2. The molecule has 0 aromatic carbocycles. The van der Waals surface area contributed by atoms with Crippen molar-refractivity contribution in [3.05, 3.63) is 17.8 Å². The second-order valence-corrected chi connectivity index (χ2v) is 9.47. The highest BCUT2D eigenvalue weighted by Gasteiger charge is 2.26. The molecule has 1 amide bonds. The van der Waals surface area contributed by atoms with Gasteiger partial charge in [-0.25, -0.2) is 9.78 Å². The van der Waals surface area contributed by atoms with Crippen molar-refractivity contribution in [3.63, 3.8) is 0 Å². The van der Waals surface area contributed by atoms with Crippen LogP contribution in [0, 0.1) is 5.92 Å². The number of ether oxygens (including phenoxy) is 1. The van der Waals surface area contributed by atoms with Gasteiger partial charge in [-0.05, 0) is 46.1 Å². The Labute approximate surface area is 157 Å². The quantitative estimate of drug-likeness (QED) is 0.805. The summed E-state index contributed by atoms with van der Waals surface area (Å²) in [5, 5.41) is 0. The molecule has 0 saturated carbocycles. The molecule has 6 nitrogen and oxygen atoms in total. The summed E-state index contributed by atoms with van der Waals surface area (Å²) in [6.45, 7) is 15.5. The van der Waals surface area contributed by atoms with Crippen molar-refractivity contribution >= 4 is 6.09 Å². The van der Waals surface area contributed by atoms with Crippen LogP contribution < -0.4 is 0 Å². The number of likely N-dealkylation sites (tertiary alicyclic amines) is 1. The molecule has 2 rings (SSSR count). The Morgan fingerprint density at radius 2 is 2.04 bits per heavy atom. The minimum absolute atomic E-state index is 0.0220. The van der Waals surface area contributed by atoms with Gasteiger partial charge in [0.2, 0.25) is 5.89 Å². The van der Waals surface area contributed by atoms with E-state index in [9.17, 15) is 4.79 Å². The Kier molecular flexibility index (Phi) is 6.37. The monoisotopic (exact) mass is 365 g/mol. The summed E-state index contributed by atoms with van der Waals surface area (Å²) in [7, 11) is 1.82. The highest BCUT2D eigenvalue weighted by atomic mass is 16.6. The van der Waals surface area contributed by atoms with Crippen molar-refractivity contribution in [2.45, 2.75) is 71.9 Å². The standard InChI is InChI=1S/C20H35N3O3/c1-19(2,3)16-11-21-17(25-16)14-23-10-8-9-15(13-23)12-22(7)18(24)26-20(4,5)6/h11,15H,8-10,12-14H2,1-7H3. The van der Waals surface area contributed by atoms with E-state index in [1.165, 1.54) is 0 Å². The van der Waals surface area contributed by atoms with Gasteiger partial charge in [-0.15, -0.1) is 0 Å². The van der Waals surface area contributed by atoms with Crippen LogP contribution in [0.15, 0.2) is 10.6 Å². The van der Waals surface area contributed by atoms with Crippen molar-refractivity contribution < 1.29 is 13.9 Å². The second-order valence-electron chi connectivity index (χ2n) is 9.47. The first-order chi connectivity index (χ1) is 11.9. The number of nitrogens with zero attached hydrogens (tertiary/aromatic N) is 3. The molecule has 1 aromatic heterocycles. The van der Waals surface area contributed by atoms with Crippen LogP contribution in [0.3, 0.4) is 0 Å². The average Bonchev–Trinajstić information content (AvgIpc) is 2.94. The van der Waals surface area contributed by atoms with Crippen LogP contribution in [0.5, 0.6) is 0 Å². The lowest BCUT2D eigenvalue weighted by Gasteiger charge is -2.34. The maximum absolute atomic E-state index is 12.2. The van der Waals surface area contributed by atoms with Gasteiger partial charge < -0.3 is 14.1 Å². The summed E-state index contributed by atoms with van der Waals surface area (Å²) in [6.07, 6.45) is 3.84. The van der Waals surface area contributed by atoms with Crippen molar-refractivity contribution in [2.24, 2.45) is 5.92 Å². The van der Waals surface area contributed by atoms with Crippen LogP contribution in [0.2, 0.25) is 0 Å². The number of carbonyl (C=O) groups excluding carboxylic acids is 1. The van der Waals surface area contributed by atoms with Gasteiger partial charge in [0, 0.05) is 25.6 Å². The van der Waals surface area contributed by atoms with Crippen LogP contribution in [0.4, 0.5) is 4.79 Å². The van der Waals surface area contributed by atoms with Gasteiger partial charge in [0.15, 0.2) is 0 Å². The maximum Gasteiger partial charge on any atom is 0.410 e.